The Hall–Kier alpha value is -0.0226. The van der Waals surface area contributed by atoms with Gasteiger partial charge in [-0.05, 0) is 0 Å². The number of hydrogen-bond acceptors (Lipinski definition) is 4. The van der Waals surface area contributed by atoms with Crippen LogP contribution in [0.4, 0.5) is 0 Å². The standard InChI is InChI=1S/C4H9NO4S.Li/c1-4(6)5-2-3-10(7,8)9;/h2-3H2,1H3,(H,5,6)(H,7,8,9);/q;+1/p-1. The van der Waals surface area contributed by atoms with E-state index in [0.29, 0.717) is 0 Å². The van der Waals surface area contributed by atoms with Crippen LogP contribution in [-0.2, 0) is 14.9 Å². The summed E-state index contributed by atoms with van der Waals surface area (Å²) < 4.78 is 29.7. The first-order chi connectivity index (χ1) is 4.42. The number of carbonyl (C=O) groups is 1. The maximum atomic E-state index is 10.1. The van der Waals surface area contributed by atoms with Gasteiger partial charge in [0.25, 0.3) is 0 Å². The third kappa shape index (κ3) is 13.0. The minimum absolute atomic E-state index is 0. The Bertz CT molecular complexity index is 212. The van der Waals surface area contributed by atoms with Gasteiger partial charge in [-0.25, -0.2) is 8.42 Å². The molecular weight excluding hydrogens is 165 g/mol. The minimum atomic E-state index is -4.18. The molecule has 0 aromatic carbocycles. The van der Waals surface area contributed by atoms with Crippen molar-refractivity contribution in [2.75, 3.05) is 12.3 Å². The summed E-state index contributed by atoms with van der Waals surface area (Å²) in [6.45, 7) is 1.14. The van der Waals surface area contributed by atoms with Crippen LogP contribution < -0.4 is 24.2 Å². The van der Waals surface area contributed by atoms with Gasteiger partial charge < -0.3 is 9.87 Å². The summed E-state index contributed by atoms with van der Waals surface area (Å²) in [5.74, 6) is -0.893. The average molecular weight is 173 g/mol. The van der Waals surface area contributed by atoms with Gasteiger partial charge in [0, 0.05) is 13.5 Å². The molecule has 0 saturated carbocycles. The molecule has 0 aromatic rings. The molecule has 0 spiro atoms. The molecule has 0 saturated heterocycles. The van der Waals surface area contributed by atoms with Crippen molar-refractivity contribution in [2.24, 2.45) is 0 Å². The third-order valence-corrected chi connectivity index (χ3v) is 1.43. The van der Waals surface area contributed by atoms with Crippen molar-refractivity contribution in [3.8, 4) is 0 Å². The predicted molar refractivity (Wildman–Crippen MR) is 33.2 cm³/mol. The maximum absolute atomic E-state index is 10.1. The Morgan fingerprint density at radius 2 is 2.00 bits per heavy atom. The first-order valence-corrected chi connectivity index (χ1v) is 4.17. The molecule has 60 valence electrons. The van der Waals surface area contributed by atoms with Gasteiger partial charge in [-0.1, -0.05) is 0 Å². The summed E-state index contributed by atoms with van der Waals surface area (Å²) in [5.41, 5.74) is 0. The van der Waals surface area contributed by atoms with Gasteiger partial charge in [-0.3, -0.25) is 4.79 Å². The Morgan fingerprint density at radius 3 is 2.27 bits per heavy atom. The predicted octanol–water partition coefficient (Wildman–Crippen LogP) is -4.33. The van der Waals surface area contributed by atoms with Crippen molar-refractivity contribution < 1.29 is 36.6 Å². The first-order valence-electron chi connectivity index (χ1n) is 2.60. The molecule has 7 heteroatoms. The Kier molecular flexibility index (Phi) is 6.91. The molecule has 0 rings (SSSR count). The van der Waals surface area contributed by atoms with Crippen LogP contribution in [-0.4, -0.2) is 31.2 Å². The summed E-state index contributed by atoms with van der Waals surface area (Å²) in [7, 11) is -4.18. The van der Waals surface area contributed by atoms with Crippen molar-refractivity contribution in [1.29, 1.82) is 0 Å². The first kappa shape index (κ1) is 13.6. The number of hydrogen-bond donors (Lipinski definition) is 1. The van der Waals surface area contributed by atoms with Crippen molar-refractivity contribution in [3.05, 3.63) is 0 Å². The zero-order valence-corrected chi connectivity index (χ0v) is 7.27. The van der Waals surface area contributed by atoms with E-state index in [9.17, 15) is 17.8 Å². The molecule has 0 bridgehead atoms. The van der Waals surface area contributed by atoms with Gasteiger partial charge in [0.2, 0.25) is 5.91 Å². The fraction of sp³-hybridized carbons (Fsp3) is 0.750. The Morgan fingerprint density at radius 1 is 1.55 bits per heavy atom. The van der Waals surface area contributed by atoms with Crippen LogP contribution in [0.2, 0.25) is 0 Å². The average Bonchev–Trinajstić information content (AvgIpc) is 1.59. The van der Waals surface area contributed by atoms with Gasteiger partial charge >= 0.3 is 18.9 Å². The largest absolute Gasteiger partial charge is 1.00 e. The minimum Gasteiger partial charge on any atom is -0.748 e. The van der Waals surface area contributed by atoms with Gasteiger partial charge in [0.15, 0.2) is 0 Å². The number of carbonyl (C=O) groups excluding carboxylic acids is 1. The van der Waals surface area contributed by atoms with E-state index in [0.717, 1.165) is 0 Å². The number of nitrogens with one attached hydrogen (secondary N) is 1. The Labute approximate surface area is 77.5 Å². The van der Waals surface area contributed by atoms with Crippen LogP contribution in [0.25, 0.3) is 0 Å². The van der Waals surface area contributed by atoms with Gasteiger partial charge in [-0.15, -0.1) is 0 Å². The van der Waals surface area contributed by atoms with Crippen LogP contribution in [0.3, 0.4) is 0 Å². The van der Waals surface area contributed by atoms with Crippen LogP contribution in [0.15, 0.2) is 0 Å². The topological polar surface area (TPSA) is 86.3 Å². The van der Waals surface area contributed by atoms with E-state index in [1.54, 1.807) is 0 Å². The molecule has 0 aliphatic rings. The summed E-state index contributed by atoms with van der Waals surface area (Å²) >= 11 is 0. The van der Waals surface area contributed by atoms with Crippen LogP contribution in [0.5, 0.6) is 0 Å². The second kappa shape index (κ2) is 5.61. The van der Waals surface area contributed by atoms with Crippen LogP contribution in [0.1, 0.15) is 6.92 Å². The molecule has 0 aliphatic carbocycles. The monoisotopic (exact) mass is 173 g/mol. The zero-order valence-electron chi connectivity index (χ0n) is 6.46. The van der Waals surface area contributed by atoms with E-state index in [2.05, 4.69) is 5.32 Å². The molecule has 11 heavy (non-hydrogen) atoms. The summed E-state index contributed by atoms with van der Waals surface area (Å²) in [5, 5.41) is 2.18. The molecule has 0 aromatic heterocycles. The molecule has 5 nitrogen and oxygen atoms in total. The molecule has 1 N–H and O–H groups in total. The van der Waals surface area contributed by atoms with Crippen LogP contribution >= 0.6 is 0 Å². The van der Waals surface area contributed by atoms with E-state index in [4.69, 9.17) is 0 Å². The number of amides is 1. The molecule has 0 fully saturated rings. The quantitative estimate of drug-likeness (QED) is 0.345. The zero-order chi connectivity index (χ0) is 8.20. The number of rotatable bonds is 3. The molecule has 0 atom stereocenters. The fourth-order valence-corrected chi connectivity index (χ4v) is 0.704. The third-order valence-electron chi connectivity index (χ3n) is 0.726. The molecule has 0 aliphatic heterocycles. The van der Waals surface area contributed by atoms with E-state index in [1.807, 2.05) is 0 Å². The normalized spacial score (nSPS) is 10.0. The van der Waals surface area contributed by atoms with Crippen molar-refractivity contribution in [1.82, 2.24) is 5.32 Å². The molecular formula is C4H8LiNO4S. The van der Waals surface area contributed by atoms with Crippen LogP contribution in [0, 0.1) is 0 Å². The molecule has 0 unspecified atom stereocenters. The second-order valence-electron chi connectivity index (χ2n) is 1.74. The van der Waals surface area contributed by atoms with E-state index in [-0.39, 0.29) is 31.3 Å². The van der Waals surface area contributed by atoms with Crippen molar-refractivity contribution in [2.45, 2.75) is 6.92 Å². The maximum Gasteiger partial charge on any atom is 1.00 e. The molecule has 0 radical (unpaired) electrons. The van der Waals surface area contributed by atoms with Gasteiger partial charge in [0.1, 0.15) is 0 Å². The molecule has 1 amide bonds. The fourth-order valence-electron chi connectivity index (χ4n) is 0.352. The Balaban J connectivity index is 0. The van der Waals surface area contributed by atoms with Gasteiger partial charge in [0.05, 0.1) is 15.9 Å². The summed E-state index contributed by atoms with van der Waals surface area (Å²) in [6, 6.07) is 0. The van der Waals surface area contributed by atoms with E-state index < -0.39 is 15.9 Å². The van der Waals surface area contributed by atoms with Gasteiger partial charge in [-0.2, -0.15) is 0 Å². The molecule has 0 heterocycles. The van der Waals surface area contributed by atoms with Crippen molar-refractivity contribution in [3.63, 3.8) is 0 Å². The van der Waals surface area contributed by atoms with E-state index >= 15 is 0 Å². The SMILES string of the molecule is CC(=O)NCCS(=O)(=O)[O-].[Li+]. The summed E-state index contributed by atoms with van der Waals surface area (Å²) in [6.07, 6.45) is 0. The van der Waals surface area contributed by atoms with E-state index in [1.165, 1.54) is 6.92 Å². The second-order valence-corrected chi connectivity index (χ2v) is 3.27. The van der Waals surface area contributed by atoms with Crippen molar-refractivity contribution >= 4 is 16.0 Å². The smallest absolute Gasteiger partial charge is 0.748 e. The summed E-state index contributed by atoms with van der Waals surface area (Å²) in [4.78, 5) is 10.1.